The number of carbonyl (C=O) groups excluding carboxylic acids is 3. The van der Waals surface area contributed by atoms with Crippen LogP contribution in [0.3, 0.4) is 0 Å². The average molecular weight is 1440 g/mol. The molecule has 0 rings (SSSR count). The van der Waals surface area contributed by atoms with E-state index in [9.17, 15) is 44.4 Å². The number of carbonyl (C=O) groups is 4. The molecule has 0 radical (unpaired) electrons. The zero-order valence-corrected chi connectivity index (χ0v) is 66.9. The van der Waals surface area contributed by atoms with Gasteiger partial charge in [0.1, 0.15) is 0 Å². The van der Waals surface area contributed by atoms with Gasteiger partial charge in [0.2, 0.25) is 0 Å². The van der Waals surface area contributed by atoms with E-state index in [0.717, 1.165) is 158 Å². The summed E-state index contributed by atoms with van der Waals surface area (Å²) in [4.78, 5) is 42.9. The van der Waals surface area contributed by atoms with Crippen molar-refractivity contribution in [3.63, 3.8) is 0 Å². The summed E-state index contributed by atoms with van der Waals surface area (Å²) >= 11 is 4.36. The molecule has 0 spiro atoms. The van der Waals surface area contributed by atoms with Gasteiger partial charge in [0, 0.05) is 91.3 Å². The van der Waals surface area contributed by atoms with E-state index in [-0.39, 0.29) is 39.9 Å². The van der Waals surface area contributed by atoms with Crippen molar-refractivity contribution < 1.29 is 63.7 Å². The predicted molar refractivity (Wildman–Crippen MR) is 405 cm³/mol. The molecule has 93 heavy (non-hydrogen) atoms. The lowest BCUT2D eigenvalue weighted by Gasteiger charge is -2.21. The molecule has 0 amide bonds. The number of hydrogen-bond acceptors (Lipinski definition) is 15. The molecule has 1 N–H and O–H groups in total. The van der Waals surface area contributed by atoms with E-state index in [2.05, 4.69) is 67.6 Å². The summed E-state index contributed by atoms with van der Waals surface area (Å²) in [7, 11) is -3.62. The first-order valence-corrected chi connectivity index (χ1v) is 45.7. The van der Waals surface area contributed by atoms with E-state index < -0.39 is 57.7 Å². The highest BCUT2D eigenvalue weighted by Crippen LogP contribution is 2.30. The van der Waals surface area contributed by atoms with Crippen LogP contribution in [0.1, 0.15) is 352 Å². The molecule has 0 aliphatic rings. The number of methoxy groups -OCH3 is 3. The molecule has 0 aromatic heterocycles. The Hall–Kier alpha value is -1.22. The maximum Gasteiger partial charge on any atom is 0.305 e. The highest BCUT2D eigenvalue weighted by molar-refractivity contribution is 8.00. The number of aliphatic carboxylic acids is 1. The van der Waals surface area contributed by atoms with E-state index in [4.69, 9.17) is 9.84 Å². The molecule has 0 fully saturated rings. The number of hydrogen-bond donors (Lipinski definition) is 1. The van der Waals surface area contributed by atoms with Crippen molar-refractivity contribution in [2.24, 2.45) is 0 Å². The zero-order chi connectivity index (χ0) is 70.8. The van der Waals surface area contributed by atoms with Gasteiger partial charge in [0.05, 0.1) is 31.8 Å². The Morgan fingerprint density at radius 2 is 0.624 bits per heavy atom. The summed E-state index contributed by atoms with van der Waals surface area (Å²) in [6.45, 7) is 20.4. The third kappa shape index (κ3) is 62.8. The molecule has 8 atom stereocenters. The molecule has 14 nitrogen and oxygen atoms in total. The van der Waals surface area contributed by atoms with Gasteiger partial charge in [-0.25, -0.2) is 16.8 Å². The molecule has 558 valence electrons. The average Bonchev–Trinajstić information content (AvgIpc) is 1.19. The zero-order valence-electron chi connectivity index (χ0n) is 62.0. The summed E-state index contributed by atoms with van der Waals surface area (Å²) in [6, 6.07) is 0. The minimum absolute atomic E-state index is 0.0661. The quantitative estimate of drug-likeness (QED) is 0.0340. The fraction of sp³-hybridized carbons (Fsp3) is 0.945. The maximum absolute atomic E-state index is 12.6. The monoisotopic (exact) mass is 1440 g/mol. The van der Waals surface area contributed by atoms with Gasteiger partial charge in [-0.2, -0.15) is 23.5 Å². The fourth-order valence-corrected chi connectivity index (χ4v) is 19.2. The van der Waals surface area contributed by atoms with Crippen molar-refractivity contribution in [1.82, 2.24) is 0 Å². The van der Waals surface area contributed by atoms with Crippen molar-refractivity contribution in [3.05, 3.63) is 0 Å². The van der Waals surface area contributed by atoms with E-state index >= 15 is 0 Å². The van der Waals surface area contributed by atoms with Crippen molar-refractivity contribution in [3.8, 4) is 0 Å². The third-order valence-electron chi connectivity index (χ3n) is 17.4. The van der Waals surface area contributed by atoms with Crippen LogP contribution in [0, 0.1) is 0 Å². The summed E-state index contributed by atoms with van der Waals surface area (Å²) < 4.78 is 89.3. The molecule has 0 aliphatic heterocycles. The second-order valence-electron chi connectivity index (χ2n) is 25.0. The van der Waals surface area contributed by atoms with Crippen LogP contribution in [0.4, 0.5) is 0 Å². The first-order chi connectivity index (χ1) is 44.6. The van der Waals surface area contributed by atoms with Gasteiger partial charge >= 0.3 is 23.9 Å². The minimum atomic E-state index is -3.21. The van der Waals surface area contributed by atoms with Crippen molar-refractivity contribution in [1.29, 1.82) is 0 Å². The van der Waals surface area contributed by atoms with Crippen molar-refractivity contribution in [2.75, 3.05) is 55.8 Å². The van der Waals surface area contributed by atoms with Crippen molar-refractivity contribution in [2.45, 2.75) is 383 Å². The van der Waals surface area contributed by atoms with Gasteiger partial charge in [-0.3, -0.25) is 27.6 Å². The standard InChI is InChI=1S/C23H46O6S2.C23H46O4S2.C23H46O2S2.C4H8O2/c1-5-8-9-13-16-21(30(25,26)6-2)19-20-22(31(27,28)7-3)17-14-11-10-12-15-18-23(24)29-4;1-5-8-9-13-16-21(28(25)6-2)19-20-22(29(26)7-3)17-14-11-10-12-15-18-23(24)27-4;1-5-8-9-13-16-21(26-6-2)19-20-22(27-7-3)17-14-11-10-12-15-18-23(24)25-4;1-2-3-4(5)6/h21-22H,5-20H2,1-4H3;21-22H,5-20H2,1-4H3;21-22H,5-20H2,1-4H3;2-3H2,1H3,(H,5,6). The van der Waals surface area contributed by atoms with Gasteiger partial charge in [-0.1, -0.05) is 223 Å². The van der Waals surface area contributed by atoms with Crippen LogP contribution < -0.4 is 0 Å². The molecule has 0 heterocycles. The first-order valence-electron chi connectivity index (χ1n) is 37.4. The SMILES string of the molecule is CCCC(=O)O.CCCCCCC(CCC(CCCCCCCC(=O)OC)S(=O)(=O)CC)S(=O)(=O)CC.CCCCCCC(CCC(CCCCCCCC(=O)OC)S(=O)CC)S(=O)CC.CCCCCCC(CCC(CCCCCCCC(=O)OC)SCC)SCC. The van der Waals surface area contributed by atoms with Crippen LogP contribution in [0.2, 0.25) is 0 Å². The molecule has 8 unspecified atom stereocenters. The second-order valence-corrected chi connectivity index (χ2v) is 37.3. The number of carboxylic acids is 1. The van der Waals surface area contributed by atoms with Gasteiger partial charge in [0.15, 0.2) is 19.7 Å². The molecular weight excluding hydrogens is 1290 g/mol. The lowest BCUT2D eigenvalue weighted by atomic mass is 10.0. The summed E-state index contributed by atoms with van der Waals surface area (Å²) in [5, 5.41) is 9.26. The normalized spacial score (nSPS) is 14.1. The van der Waals surface area contributed by atoms with E-state index in [1.807, 2.05) is 20.8 Å². The molecule has 20 heteroatoms. The Labute approximate surface area is 587 Å². The lowest BCUT2D eigenvalue weighted by Crippen LogP contribution is -2.28. The summed E-state index contributed by atoms with van der Waals surface area (Å²) in [5.41, 5.74) is 0. The highest BCUT2D eigenvalue weighted by atomic mass is 32.2. The molecule has 0 saturated heterocycles. The van der Waals surface area contributed by atoms with E-state index in [1.165, 1.54) is 123 Å². The van der Waals surface area contributed by atoms with E-state index in [0.29, 0.717) is 57.1 Å². The number of unbranched alkanes of at least 4 members (excludes halogenated alkanes) is 21. The van der Waals surface area contributed by atoms with Crippen molar-refractivity contribution >= 4 is 88.7 Å². The second kappa shape index (κ2) is 70.6. The lowest BCUT2D eigenvalue weighted by molar-refractivity contribution is -0.141. The number of carboxylic acid groups (broad SMARTS) is 1. The topological polar surface area (TPSA) is 219 Å². The fourth-order valence-electron chi connectivity index (χ4n) is 11.4. The third-order valence-corrected chi connectivity index (χ3v) is 28.1. The molecule has 0 aliphatic carbocycles. The van der Waals surface area contributed by atoms with Gasteiger partial charge in [0.25, 0.3) is 0 Å². The number of esters is 3. The number of ether oxygens (including phenoxy) is 3. The maximum atomic E-state index is 12.6. The molecular formula is C73H146O14S6. The first kappa shape index (κ1) is 98.2. The Balaban J connectivity index is -0.000000611. The van der Waals surface area contributed by atoms with Crippen LogP contribution in [0.25, 0.3) is 0 Å². The number of sulfone groups is 2. The van der Waals surface area contributed by atoms with Gasteiger partial charge < -0.3 is 19.3 Å². The van der Waals surface area contributed by atoms with Crippen LogP contribution in [0.15, 0.2) is 0 Å². The van der Waals surface area contributed by atoms with Crippen LogP contribution in [-0.4, -0.2) is 142 Å². The smallest absolute Gasteiger partial charge is 0.305 e. The Kier molecular flexibility index (Phi) is 74.6. The van der Waals surface area contributed by atoms with Gasteiger partial charge in [-0.05, 0) is 114 Å². The highest BCUT2D eigenvalue weighted by Gasteiger charge is 2.29. The Morgan fingerprint density at radius 3 is 0.871 bits per heavy atom. The molecule has 0 saturated carbocycles. The largest absolute Gasteiger partial charge is 0.481 e. The predicted octanol–water partition coefficient (Wildman–Crippen LogP) is 19.9. The number of thioether (sulfide) groups is 2. The van der Waals surface area contributed by atoms with E-state index in [1.54, 1.807) is 13.8 Å². The minimum Gasteiger partial charge on any atom is -0.481 e. The summed E-state index contributed by atoms with van der Waals surface area (Å²) in [5.74, 6) is 3.05. The molecule has 0 bridgehead atoms. The summed E-state index contributed by atoms with van der Waals surface area (Å²) in [6.07, 6.45) is 44.4. The van der Waals surface area contributed by atoms with Gasteiger partial charge in [-0.15, -0.1) is 0 Å². The van der Waals surface area contributed by atoms with Crippen LogP contribution in [-0.2, 0) is 74.7 Å². The Morgan fingerprint density at radius 1 is 0.344 bits per heavy atom. The Bertz CT molecular complexity index is 1990. The van der Waals surface area contributed by atoms with Crippen LogP contribution >= 0.6 is 23.5 Å². The van der Waals surface area contributed by atoms with Crippen LogP contribution in [0.5, 0.6) is 0 Å². The molecule has 0 aromatic carbocycles. The molecule has 0 aromatic rings. The number of rotatable bonds is 62.